The normalized spacial score (nSPS) is 10.8. The summed E-state index contributed by atoms with van der Waals surface area (Å²) in [5.74, 6) is -0.125. The monoisotopic (exact) mass is 293 g/mol. The van der Waals surface area contributed by atoms with Crippen LogP contribution in [-0.2, 0) is 0 Å². The number of nitrogens with zero attached hydrogens (tertiary/aromatic N) is 2. The number of amides is 1. The molecule has 2 aromatic heterocycles. The number of benzene rings is 1. The molecule has 0 spiro atoms. The lowest BCUT2D eigenvalue weighted by atomic mass is 10.1. The van der Waals surface area contributed by atoms with Crippen molar-refractivity contribution in [3.63, 3.8) is 0 Å². The molecule has 3 aromatic rings. The van der Waals surface area contributed by atoms with Crippen LogP contribution in [0.5, 0.6) is 0 Å². The van der Waals surface area contributed by atoms with Crippen LogP contribution >= 0.6 is 22.9 Å². The van der Waals surface area contributed by atoms with Crippen molar-refractivity contribution in [2.45, 2.75) is 6.92 Å². The molecule has 1 amide bonds. The van der Waals surface area contributed by atoms with E-state index in [9.17, 15) is 4.79 Å². The highest BCUT2D eigenvalue weighted by molar-refractivity contribution is 7.13. The number of nitrogens with one attached hydrogen (secondary N) is 1. The fraction of sp³-hybridized carbons (Fsp3) is 0.0833. The van der Waals surface area contributed by atoms with Gasteiger partial charge in [-0.25, -0.2) is 0 Å². The first-order chi connectivity index (χ1) is 9.16. The van der Waals surface area contributed by atoms with E-state index in [1.54, 1.807) is 6.07 Å². The fourth-order valence-corrected chi connectivity index (χ4v) is 2.46. The molecule has 0 aliphatic rings. The van der Waals surface area contributed by atoms with E-state index >= 15 is 0 Å². The Hall–Kier alpha value is -1.92. The molecule has 19 heavy (non-hydrogen) atoms. The third-order valence-electron chi connectivity index (χ3n) is 2.70. The fourth-order valence-electron chi connectivity index (χ4n) is 1.81. The number of furan rings is 1. The van der Waals surface area contributed by atoms with Gasteiger partial charge in [0.2, 0.25) is 5.13 Å². The summed E-state index contributed by atoms with van der Waals surface area (Å²) < 4.78 is 5.55. The lowest BCUT2D eigenvalue weighted by molar-refractivity contribution is 0.0998. The molecule has 7 heteroatoms. The summed E-state index contributed by atoms with van der Waals surface area (Å²) in [5.41, 5.74) is 2.81. The predicted octanol–water partition coefficient (Wildman–Crippen LogP) is 3.50. The number of aryl methyl sites for hydroxylation is 1. The molecule has 0 bridgehead atoms. The van der Waals surface area contributed by atoms with Crippen LogP contribution in [-0.4, -0.2) is 16.1 Å². The Bertz CT molecular complexity index is 752. The van der Waals surface area contributed by atoms with Gasteiger partial charge in [0.15, 0.2) is 11.3 Å². The van der Waals surface area contributed by atoms with Crippen LogP contribution in [0.2, 0.25) is 5.02 Å². The van der Waals surface area contributed by atoms with Crippen molar-refractivity contribution >= 4 is 44.9 Å². The Morgan fingerprint density at radius 3 is 3.00 bits per heavy atom. The largest absolute Gasteiger partial charge is 0.449 e. The van der Waals surface area contributed by atoms with Crippen LogP contribution < -0.4 is 5.32 Å². The zero-order valence-corrected chi connectivity index (χ0v) is 11.4. The molecule has 0 saturated heterocycles. The minimum Gasteiger partial charge on any atom is -0.449 e. The van der Waals surface area contributed by atoms with Crippen LogP contribution in [0.3, 0.4) is 0 Å². The van der Waals surface area contributed by atoms with E-state index in [-0.39, 0.29) is 11.7 Å². The van der Waals surface area contributed by atoms with E-state index in [0.717, 1.165) is 10.9 Å². The lowest BCUT2D eigenvalue weighted by Crippen LogP contribution is -2.11. The van der Waals surface area contributed by atoms with Crippen LogP contribution in [0.25, 0.3) is 11.0 Å². The highest BCUT2D eigenvalue weighted by atomic mass is 35.5. The van der Waals surface area contributed by atoms with Crippen molar-refractivity contribution in [1.82, 2.24) is 10.2 Å². The molecule has 5 nitrogen and oxygen atoms in total. The Morgan fingerprint density at radius 2 is 2.32 bits per heavy atom. The number of anilines is 1. The van der Waals surface area contributed by atoms with Gasteiger partial charge >= 0.3 is 0 Å². The first kappa shape index (κ1) is 12.1. The third-order valence-corrected chi connectivity index (χ3v) is 3.61. The van der Waals surface area contributed by atoms with Gasteiger partial charge in [-0.15, -0.1) is 10.2 Å². The summed E-state index contributed by atoms with van der Waals surface area (Å²) in [6.07, 6.45) is 0. The Morgan fingerprint density at radius 1 is 1.47 bits per heavy atom. The molecular weight excluding hydrogens is 286 g/mol. The molecule has 1 N–H and O–H groups in total. The molecule has 3 rings (SSSR count). The van der Waals surface area contributed by atoms with Crippen molar-refractivity contribution in [3.05, 3.63) is 40.1 Å². The number of carbonyl (C=O) groups excluding carboxylic acids is 1. The molecule has 0 aliphatic heterocycles. The van der Waals surface area contributed by atoms with Gasteiger partial charge in [-0.3, -0.25) is 10.1 Å². The van der Waals surface area contributed by atoms with Crippen molar-refractivity contribution in [2.75, 3.05) is 5.32 Å². The highest BCUT2D eigenvalue weighted by Crippen LogP contribution is 2.31. The number of para-hydroxylation sites is 1. The molecular formula is C12H8ClN3O2S. The average Bonchev–Trinajstić information content (AvgIpc) is 2.99. The van der Waals surface area contributed by atoms with Gasteiger partial charge in [0.25, 0.3) is 5.91 Å². The summed E-state index contributed by atoms with van der Waals surface area (Å²) >= 11 is 7.28. The van der Waals surface area contributed by atoms with E-state index in [2.05, 4.69) is 15.5 Å². The number of carbonyl (C=O) groups is 1. The van der Waals surface area contributed by atoms with Crippen molar-refractivity contribution in [2.24, 2.45) is 0 Å². The molecule has 1 aromatic carbocycles. The summed E-state index contributed by atoms with van der Waals surface area (Å²) in [4.78, 5) is 12.1. The summed E-state index contributed by atoms with van der Waals surface area (Å²) in [6, 6.07) is 5.40. The predicted molar refractivity (Wildman–Crippen MR) is 73.8 cm³/mol. The van der Waals surface area contributed by atoms with Crippen molar-refractivity contribution in [3.8, 4) is 0 Å². The van der Waals surface area contributed by atoms with Gasteiger partial charge in [-0.2, -0.15) is 0 Å². The molecule has 0 unspecified atom stereocenters. The molecule has 96 valence electrons. The van der Waals surface area contributed by atoms with Crippen molar-refractivity contribution in [1.29, 1.82) is 0 Å². The van der Waals surface area contributed by atoms with E-state index in [1.807, 2.05) is 19.1 Å². The minimum atomic E-state index is -0.360. The second kappa shape index (κ2) is 4.64. The van der Waals surface area contributed by atoms with Gasteiger partial charge in [0.05, 0.1) is 5.02 Å². The summed E-state index contributed by atoms with van der Waals surface area (Å²) in [5, 5.41) is 11.8. The van der Waals surface area contributed by atoms with E-state index in [4.69, 9.17) is 16.0 Å². The number of hydrogen-bond acceptors (Lipinski definition) is 5. The Labute approximate surface area is 117 Å². The highest BCUT2D eigenvalue weighted by Gasteiger charge is 2.19. The number of fused-ring (bicyclic) bond motifs is 1. The SMILES string of the molecule is Cc1c(C(=O)Nc2nncs2)oc2c(Cl)cccc12. The van der Waals surface area contributed by atoms with Gasteiger partial charge in [0.1, 0.15) is 5.51 Å². The summed E-state index contributed by atoms with van der Waals surface area (Å²) in [6.45, 7) is 1.82. The van der Waals surface area contributed by atoms with Crippen LogP contribution in [0, 0.1) is 6.92 Å². The second-order valence-corrected chi connectivity index (χ2v) is 5.11. The Balaban J connectivity index is 2.03. The second-order valence-electron chi connectivity index (χ2n) is 3.87. The maximum atomic E-state index is 12.1. The topological polar surface area (TPSA) is 68.0 Å². The summed E-state index contributed by atoms with van der Waals surface area (Å²) in [7, 11) is 0. The van der Waals surface area contributed by atoms with Gasteiger partial charge in [-0.05, 0) is 13.0 Å². The van der Waals surface area contributed by atoms with E-state index in [0.29, 0.717) is 15.7 Å². The number of hydrogen-bond donors (Lipinski definition) is 1. The molecule has 2 heterocycles. The zero-order chi connectivity index (χ0) is 13.4. The van der Waals surface area contributed by atoms with E-state index in [1.165, 1.54) is 16.8 Å². The quantitative estimate of drug-likeness (QED) is 0.785. The number of aromatic nitrogens is 2. The minimum absolute atomic E-state index is 0.235. The average molecular weight is 294 g/mol. The van der Waals surface area contributed by atoms with Crippen LogP contribution in [0.15, 0.2) is 28.1 Å². The van der Waals surface area contributed by atoms with E-state index < -0.39 is 0 Å². The third kappa shape index (κ3) is 2.09. The number of halogens is 1. The molecule has 0 atom stereocenters. The molecule has 0 aliphatic carbocycles. The van der Waals surface area contributed by atoms with Crippen molar-refractivity contribution < 1.29 is 9.21 Å². The van der Waals surface area contributed by atoms with Gasteiger partial charge < -0.3 is 4.42 Å². The maximum Gasteiger partial charge on any atom is 0.293 e. The maximum absolute atomic E-state index is 12.1. The van der Waals surface area contributed by atoms with Crippen LogP contribution in [0.1, 0.15) is 16.1 Å². The Kier molecular flexibility index (Phi) is 2.96. The lowest BCUT2D eigenvalue weighted by Gasteiger charge is -1.97. The van der Waals surface area contributed by atoms with Gasteiger partial charge in [-0.1, -0.05) is 35.1 Å². The smallest absolute Gasteiger partial charge is 0.293 e. The standard InChI is InChI=1S/C12H8ClN3O2S/c1-6-7-3-2-4-8(13)10(7)18-9(6)11(17)15-12-16-14-5-19-12/h2-5H,1H3,(H,15,16,17). The van der Waals surface area contributed by atoms with Crippen LogP contribution in [0.4, 0.5) is 5.13 Å². The first-order valence-electron chi connectivity index (χ1n) is 5.42. The molecule has 0 saturated carbocycles. The zero-order valence-electron chi connectivity index (χ0n) is 9.81. The molecule has 0 fully saturated rings. The number of rotatable bonds is 2. The van der Waals surface area contributed by atoms with Gasteiger partial charge in [0, 0.05) is 10.9 Å². The first-order valence-corrected chi connectivity index (χ1v) is 6.67. The molecule has 0 radical (unpaired) electrons.